The predicted octanol–water partition coefficient (Wildman–Crippen LogP) is 0.206. The first-order chi connectivity index (χ1) is 13.4. The zero-order valence-corrected chi connectivity index (χ0v) is 18.0. The van der Waals surface area contributed by atoms with E-state index in [1.807, 2.05) is 0 Å². The molecular formula is C18H25N3O6S2. The fourth-order valence-corrected chi connectivity index (χ4v) is 6.60. The largest absolute Gasteiger partial charge is 0.391 e. The SMILES string of the molecule is CS(C)(=O)=NS(=O)(=O)c1cccc(C(=O)N2CCC3(CC2)CC(O)CNC3=O)c1. The molecule has 3 rings (SSSR count). The van der Waals surface area contributed by atoms with Crippen LogP contribution in [-0.2, 0) is 24.5 Å². The highest BCUT2D eigenvalue weighted by atomic mass is 32.3. The number of benzene rings is 1. The van der Waals surface area contributed by atoms with Gasteiger partial charge in [0.25, 0.3) is 15.9 Å². The Kier molecular flexibility index (Phi) is 5.76. The monoisotopic (exact) mass is 443 g/mol. The van der Waals surface area contributed by atoms with Gasteiger partial charge < -0.3 is 15.3 Å². The van der Waals surface area contributed by atoms with E-state index in [4.69, 9.17) is 0 Å². The number of sulfonamides is 1. The highest BCUT2D eigenvalue weighted by Crippen LogP contribution is 2.38. The minimum Gasteiger partial charge on any atom is -0.391 e. The average Bonchev–Trinajstić information content (AvgIpc) is 2.63. The molecule has 1 aromatic carbocycles. The number of piperidine rings is 2. The van der Waals surface area contributed by atoms with Crippen molar-refractivity contribution in [2.45, 2.75) is 30.3 Å². The molecule has 2 aliphatic rings. The number of nitrogens with zero attached hydrogens (tertiary/aromatic N) is 2. The van der Waals surface area contributed by atoms with Crippen LogP contribution in [0.4, 0.5) is 0 Å². The second kappa shape index (κ2) is 7.69. The van der Waals surface area contributed by atoms with Crippen molar-refractivity contribution in [1.29, 1.82) is 0 Å². The van der Waals surface area contributed by atoms with Crippen molar-refractivity contribution in [3.63, 3.8) is 0 Å². The number of hydrogen-bond donors (Lipinski definition) is 2. The van der Waals surface area contributed by atoms with E-state index in [2.05, 4.69) is 9.08 Å². The summed E-state index contributed by atoms with van der Waals surface area (Å²) in [5, 5.41) is 12.6. The lowest BCUT2D eigenvalue weighted by molar-refractivity contribution is -0.140. The molecule has 1 aromatic rings. The summed E-state index contributed by atoms with van der Waals surface area (Å²) in [4.78, 5) is 26.6. The van der Waals surface area contributed by atoms with Crippen LogP contribution in [0.5, 0.6) is 0 Å². The van der Waals surface area contributed by atoms with E-state index in [1.165, 1.54) is 36.8 Å². The van der Waals surface area contributed by atoms with Crippen molar-refractivity contribution in [1.82, 2.24) is 10.2 Å². The van der Waals surface area contributed by atoms with Crippen LogP contribution in [0.25, 0.3) is 0 Å². The highest BCUT2D eigenvalue weighted by Gasteiger charge is 2.45. The summed E-state index contributed by atoms with van der Waals surface area (Å²) in [6, 6.07) is 5.49. The molecule has 2 amide bonds. The molecule has 9 nitrogen and oxygen atoms in total. The number of carbonyl (C=O) groups excluding carboxylic acids is 2. The maximum absolute atomic E-state index is 12.9. The molecule has 29 heavy (non-hydrogen) atoms. The van der Waals surface area contributed by atoms with Crippen LogP contribution in [0.2, 0.25) is 0 Å². The predicted molar refractivity (Wildman–Crippen MR) is 107 cm³/mol. The third kappa shape index (κ3) is 4.78. The van der Waals surface area contributed by atoms with Gasteiger partial charge in [-0.2, -0.15) is 8.42 Å². The molecule has 0 bridgehead atoms. The number of aliphatic hydroxyl groups is 1. The molecule has 2 heterocycles. The topological polar surface area (TPSA) is 133 Å². The molecule has 1 atom stereocenters. The lowest BCUT2D eigenvalue weighted by Crippen LogP contribution is -2.56. The zero-order valence-electron chi connectivity index (χ0n) is 16.3. The maximum atomic E-state index is 12.9. The molecular weight excluding hydrogens is 418 g/mol. The van der Waals surface area contributed by atoms with Crippen molar-refractivity contribution in [2.75, 3.05) is 32.1 Å². The summed E-state index contributed by atoms with van der Waals surface area (Å²) in [6.45, 7) is 0.910. The van der Waals surface area contributed by atoms with Gasteiger partial charge in [-0.25, -0.2) is 4.21 Å². The molecule has 0 aliphatic carbocycles. The lowest BCUT2D eigenvalue weighted by Gasteiger charge is -2.44. The first-order valence-corrected chi connectivity index (χ1v) is 13.0. The summed E-state index contributed by atoms with van der Waals surface area (Å²) in [5.74, 6) is -0.435. The number of hydrogen-bond acceptors (Lipinski definition) is 6. The molecule has 1 unspecified atom stereocenters. The van der Waals surface area contributed by atoms with Crippen LogP contribution in [0.3, 0.4) is 0 Å². The molecule has 0 radical (unpaired) electrons. The van der Waals surface area contributed by atoms with Crippen LogP contribution < -0.4 is 5.32 Å². The quantitative estimate of drug-likeness (QED) is 0.686. The van der Waals surface area contributed by atoms with Crippen LogP contribution in [0.1, 0.15) is 29.6 Å². The highest BCUT2D eigenvalue weighted by molar-refractivity contribution is 8.02. The minimum atomic E-state index is -4.14. The number of carbonyl (C=O) groups is 2. The molecule has 2 aliphatic heterocycles. The number of nitrogens with one attached hydrogen (secondary N) is 1. The van der Waals surface area contributed by atoms with E-state index in [0.717, 1.165) is 0 Å². The van der Waals surface area contributed by atoms with Gasteiger partial charge in [0.05, 0.1) is 26.1 Å². The van der Waals surface area contributed by atoms with Crippen LogP contribution in [-0.4, -0.2) is 72.7 Å². The molecule has 2 saturated heterocycles. The van der Waals surface area contributed by atoms with Crippen molar-refractivity contribution in [3.05, 3.63) is 29.8 Å². The van der Waals surface area contributed by atoms with Crippen LogP contribution >= 0.6 is 0 Å². The Hall–Kier alpha value is -1.98. The summed E-state index contributed by atoms with van der Waals surface area (Å²) in [6.07, 6.45) is 3.10. The molecule has 2 fully saturated rings. The van der Waals surface area contributed by atoms with E-state index in [9.17, 15) is 27.3 Å². The van der Waals surface area contributed by atoms with Gasteiger partial charge in [0.2, 0.25) is 5.91 Å². The Balaban J connectivity index is 1.77. The van der Waals surface area contributed by atoms with Crippen molar-refractivity contribution in [2.24, 2.45) is 9.18 Å². The maximum Gasteiger partial charge on any atom is 0.290 e. The lowest BCUT2D eigenvalue weighted by atomic mass is 9.71. The Morgan fingerprint density at radius 3 is 2.52 bits per heavy atom. The number of aliphatic hydroxyl groups excluding tert-OH is 1. The fraction of sp³-hybridized carbons (Fsp3) is 0.556. The molecule has 2 N–H and O–H groups in total. The number of amides is 2. The second-order valence-electron chi connectivity index (χ2n) is 7.90. The average molecular weight is 444 g/mol. The first kappa shape index (κ1) is 21.7. The Morgan fingerprint density at radius 2 is 1.90 bits per heavy atom. The van der Waals surface area contributed by atoms with Gasteiger partial charge >= 0.3 is 0 Å². The van der Waals surface area contributed by atoms with Gasteiger partial charge in [-0.3, -0.25) is 9.59 Å². The van der Waals surface area contributed by atoms with Crippen molar-refractivity contribution >= 4 is 31.6 Å². The molecule has 0 aromatic heterocycles. The number of β-amino-alcohol motifs (C(OH)–C–C–N with tert-alkyl or cyclic N) is 1. The number of rotatable bonds is 3. The fourth-order valence-electron chi connectivity index (χ4n) is 3.83. The third-order valence-electron chi connectivity index (χ3n) is 5.27. The van der Waals surface area contributed by atoms with Gasteiger partial charge in [-0.15, -0.1) is 3.77 Å². The first-order valence-electron chi connectivity index (χ1n) is 9.21. The van der Waals surface area contributed by atoms with E-state index in [1.54, 1.807) is 4.90 Å². The van der Waals surface area contributed by atoms with E-state index >= 15 is 0 Å². The van der Waals surface area contributed by atoms with Gasteiger partial charge in [0.1, 0.15) is 0 Å². The van der Waals surface area contributed by atoms with Crippen molar-refractivity contribution in [3.8, 4) is 0 Å². The number of likely N-dealkylation sites (tertiary alicyclic amines) is 1. The van der Waals surface area contributed by atoms with Gasteiger partial charge in [-0.1, -0.05) is 6.07 Å². The molecule has 11 heteroatoms. The van der Waals surface area contributed by atoms with Gasteiger partial charge in [0, 0.05) is 37.7 Å². The summed E-state index contributed by atoms with van der Waals surface area (Å²) >= 11 is 0. The van der Waals surface area contributed by atoms with E-state index in [-0.39, 0.29) is 28.8 Å². The minimum absolute atomic E-state index is 0.0904. The van der Waals surface area contributed by atoms with Crippen LogP contribution in [0, 0.1) is 5.41 Å². The van der Waals surface area contributed by atoms with Crippen LogP contribution in [0.15, 0.2) is 32.9 Å². The van der Waals surface area contributed by atoms with Gasteiger partial charge in [-0.05, 0) is 37.5 Å². The summed E-state index contributed by atoms with van der Waals surface area (Å²) in [7, 11) is -7.02. The molecule has 0 saturated carbocycles. The summed E-state index contributed by atoms with van der Waals surface area (Å²) in [5.41, 5.74) is -0.481. The van der Waals surface area contributed by atoms with Crippen molar-refractivity contribution < 1.29 is 27.3 Å². The smallest absolute Gasteiger partial charge is 0.290 e. The normalized spacial score (nSPS) is 22.2. The van der Waals surface area contributed by atoms with E-state index in [0.29, 0.717) is 32.4 Å². The third-order valence-corrected chi connectivity index (χ3v) is 8.34. The molecule has 160 valence electrons. The van der Waals surface area contributed by atoms with E-state index < -0.39 is 31.3 Å². The Bertz CT molecular complexity index is 1040. The molecule has 1 spiro atoms. The van der Waals surface area contributed by atoms with Gasteiger partial charge in [0.15, 0.2) is 0 Å². The summed E-state index contributed by atoms with van der Waals surface area (Å²) < 4.78 is 39.8. The second-order valence-corrected chi connectivity index (χ2v) is 12.3. The standard InChI is InChI=1S/C18H25N3O6S2/c1-28(2,25)20-29(26,27)15-5-3-4-13(10-15)16(23)21-8-6-18(7-9-21)11-14(22)12-19-17(18)24/h3-5,10,14,22H,6-9,11-12H2,1-2H3,(H,19,24). The Morgan fingerprint density at radius 1 is 1.24 bits per heavy atom. The Labute approximate surface area is 170 Å². The zero-order chi connectivity index (χ0) is 21.4.